The largest absolute Gasteiger partial charge is 0.378 e. The summed E-state index contributed by atoms with van der Waals surface area (Å²) in [5.74, 6) is 0. The van der Waals surface area contributed by atoms with Crippen LogP contribution in [0.5, 0.6) is 0 Å². The van der Waals surface area contributed by atoms with Gasteiger partial charge in [-0.2, -0.15) is 0 Å². The number of carbonyl (C=O) groups is 1. The van der Waals surface area contributed by atoms with Crippen molar-refractivity contribution < 1.29 is 9.53 Å². The lowest BCUT2D eigenvalue weighted by atomic mass is 9.69. The number of likely N-dealkylation sites (tertiary alicyclic amines) is 1. The number of hydrogen-bond donors (Lipinski definition) is 0. The third-order valence-corrected chi connectivity index (χ3v) is 5.94. The Hall–Kier alpha value is -1.59. The molecule has 0 aliphatic carbocycles. The van der Waals surface area contributed by atoms with Crippen molar-refractivity contribution >= 4 is 6.03 Å². The molecular weight excluding hydrogens is 302 g/mol. The Balaban J connectivity index is 1.61. The number of amides is 2. The van der Waals surface area contributed by atoms with Crippen LogP contribution >= 0.6 is 0 Å². The highest BCUT2D eigenvalue weighted by atomic mass is 16.5. The molecule has 0 aromatic heterocycles. The summed E-state index contributed by atoms with van der Waals surface area (Å²) in [5, 5.41) is 0. The number of urea groups is 1. The van der Waals surface area contributed by atoms with Crippen LogP contribution in [0, 0.1) is 0 Å². The molecule has 0 unspecified atom stereocenters. The second-order valence-corrected chi connectivity index (χ2v) is 7.48. The number of benzene rings is 1. The van der Waals surface area contributed by atoms with Crippen molar-refractivity contribution in [2.75, 3.05) is 53.0 Å². The van der Waals surface area contributed by atoms with Crippen molar-refractivity contribution in [3.63, 3.8) is 0 Å². The van der Waals surface area contributed by atoms with E-state index in [0.717, 1.165) is 39.0 Å². The number of nitrogens with zero attached hydrogens (tertiary/aromatic N) is 3. The number of morpholine rings is 1. The summed E-state index contributed by atoms with van der Waals surface area (Å²) in [5.41, 5.74) is 2.93. The van der Waals surface area contributed by atoms with Crippen LogP contribution in [0.4, 0.5) is 4.79 Å². The number of hydrogen-bond acceptors (Lipinski definition) is 3. The molecule has 3 aliphatic heterocycles. The molecule has 1 spiro atoms. The number of ether oxygens (including phenoxy) is 1. The Labute approximate surface area is 144 Å². The molecule has 0 saturated carbocycles. The van der Waals surface area contributed by atoms with Gasteiger partial charge >= 0.3 is 6.03 Å². The summed E-state index contributed by atoms with van der Waals surface area (Å²) in [6.07, 6.45) is 2.26. The second kappa shape index (κ2) is 6.37. The summed E-state index contributed by atoms with van der Waals surface area (Å²) in [7, 11) is 2.19. The zero-order chi connectivity index (χ0) is 16.6. The van der Waals surface area contributed by atoms with Gasteiger partial charge in [0.15, 0.2) is 0 Å². The molecule has 2 fully saturated rings. The minimum Gasteiger partial charge on any atom is -0.378 e. The van der Waals surface area contributed by atoms with Gasteiger partial charge in [0, 0.05) is 31.6 Å². The van der Waals surface area contributed by atoms with Crippen LogP contribution in [-0.2, 0) is 16.7 Å². The second-order valence-electron chi connectivity index (χ2n) is 7.48. The van der Waals surface area contributed by atoms with E-state index < -0.39 is 0 Å². The van der Waals surface area contributed by atoms with Crippen LogP contribution in [0.15, 0.2) is 24.3 Å². The van der Waals surface area contributed by atoms with Gasteiger partial charge in [0.1, 0.15) is 0 Å². The SMILES string of the molecule is CN1CCC2(CC1)CN(C(=O)N1CCOCC1)Cc1ccccc12. The lowest BCUT2D eigenvalue weighted by molar-refractivity contribution is 0.0358. The van der Waals surface area contributed by atoms with Crippen LogP contribution in [-0.4, -0.2) is 73.7 Å². The average Bonchev–Trinajstić information content (AvgIpc) is 2.64. The summed E-state index contributed by atoms with van der Waals surface area (Å²) < 4.78 is 5.40. The predicted molar refractivity (Wildman–Crippen MR) is 93.0 cm³/mol. The molecule has 4 rings (SSSR count). The van der Waals surface area contributed by atoms with E-state index in [-0.39, 0.29) is 11.4 Å². The molecule has 5 nitrogen and oxygen atoms in total. The predicted octanol–water partition coefficient (Wildman–Crippen LogP) is 1.92. The molecule has 1 aromatic rings. The molecule has 3 heterocycles. The molecule has 0 radical (unpaired) electrons. The first kappa shape index (κ1) is 15.9. The molecule has 0 bridgehead atoms. The van der Waals surface area contributed by atoms with Gasteiger partial charge in [0.2, 0.25) is 0 Å². The number of rotatable bonds is 0. The molecule has 5 heteroatoms. The van der Waals surface area contributed by atoms with E-state index in [1.165, 1.54) is 11.1 Å². The zero-order valence-corrected chi connectivity index (χ0v) is 14.5. The third-order valence-electron chi connectivity index (χ3n) is 5.94. The molecule has 3 aliphatic rings. The van der Waals surface area contributed by atoms with Gasteiger partial charge < -0.3 is 19.4 Å². The van der Waals surface area contributed by atoms with Gasteiger partial charge in [-0.05, 0) is 44.1 Å². The first-order chi connectivity index (χ1) is 11.7. The fourth-order valence-electron chi connectivity index (χ4n) is 4.45. The van der Waals surface area contributed by atoms with E-state index in [1.54, 1.807) is 0 Å². The maximum Gasteiger partial charge on any atom is 0.320 e. The summed E-state index contributed by atoms with van der Waals surface area (Å²) in [6, 6.07) is 8.93. The van der Waals surface area contributed by atoms with Gasteiger partial charge in [-0.15, -0.1) is 0 Å². The summed E-state index contributed by atoms with van der Waals surface area (Å²) in [6.45, 7) is 6.55. The minimum absolute atomic E-state index is 0.128. The Bertz CT molecular complexity index is 604. The highest BCUT2D eigenvalue weighted by Crippen LogP contribution is 2.41. The van der Waals surface area contributed by atoms with Gasteiger partial charge in [-0.1, -0.05) is 24.3 Å². The molecule has 1 aromatic carbocycles. The Morgan fingerprint density at radius 2 is 1.75 bits per heavy atom. The van der Waals surface area contributed by atoms with Crippen LogP contribution in [0.2, 0.25) is 0 Å². The number of fused-ring (bicyclic) bond motifs is 2. The normalized spacial score (nSPS) is 24.0. The monoisotopic (exact) mass is 329 g/mol. The zero-order valence-electron chi connectivity index (χ0n) is 14.5. The van der Waals surface area contributed by atoms with E-state index in [4.69, 9.17) is 4.74 Å². The number of carbonyl (C=O) groups excluding carboxylic acids is 1. The minimum atomic E-state index is 0.128. The van der Waals surface area contributed by atoms with E-state index in [2.05, 4.69) is 41.1 Å². The third kappa shape index (κ3) is 2.80. The Morgan fingerprint density at radius 1 is 1.04 bits per heavy atom. The highest BCUT2D eigenvalue weighted by molar-refractivity contribution is 5.75. The smallest absolute Gasteiger partial charge is 0.320 e. The molecular formula is C19H27N3O2. The summed E-state index contributed by atoms with van der Waals surface area (Å²) in [4.78, 5) is 19.5. The van der Waals surface area contributed by atoms with Gasteiger partial charge in [-0.3, -0.25) is 0 Å². The van der Waals surface area contributed by atoms with Crippen molar-refractivity contribution in [2.45, 2.75) is 24.8 Å². The van der Waals surface area contributed by atoms with Gasteiger partial charge in [-0.25, -0.2) is 4.79 Å². The molecule has 2 saturated heterocycles. The van der Waals surface area contributed by atoms with E-state index in [1.807, 2.05) is 4.90 Å². The van der Waals surface area contributed by atoms with Gasteiger partial charge in [0.25, 0.3) is 0 Å². The summed E-state index contributed by atoms with van der Waals surface area (Å²) >= 11 is 0. The van der Waals surface area contributed by atoms with Crippen molar-refractivity contribution in [2.24, 2.45) is 0 Å². The fraction of sp³-hybridized carbons (Fsp3) is 0.632. The standard InChI is InChI=1S/C19H27N3O2/c1-20-8-6-19(7-9-20)15-22(14-16-4-2-3-5-17(16)19)18(23)21-10-12-24-13-11-21/h2-5H,6-15H2,1H3. The van der Waals surface area contributed by atoms with Crippen LogP contribution in [0.1, 0.15) is 24.0 Å². The van der Waals surface area contributed by atoms with E-state index in [9.17, 15) is 4.79 Å². The van der Waals surface area contributed by atoms with Crippen LogP contribution < -0.4 is 0 Å². The highest BCUT2D eigenvalue weighted by Gasteiger charge is 2.43. The van der Waals surface area contributed by atoms with Gasteiger partial charge in [0.05, 0.1) is 13.2 Å². The van der Waals surface area contributed by atoms with Crippen molar-refractivity contribution in [1.82, 2.24) is 14.7 Å². The lowest BCUT2D eigenvalue weighted by Gasteiger charge is -2.49. The van der Waals surface area contributed by atoms with Crippen molar-refractivity contribution in [3.05, 3.63) is 35.4 Å². The molecule has 0 N–H and O–H groups in total. The first-order valence-corrected chi connectivity index (χ1v) is 9.06. The molecule has 2 amide bonds. The topological polar surface area (TPSA) is 36.0 Å². The molecule has 130 valence electrons. The lowest BCUT2D eigenvalue weighted by Crippen LogP contribution is -2.56. The van der Waals surface area contributed by atoms with Crippen LogP contribution in [0.3, 0.4) is 0 Å². The fourth-order valence-corrected chi connectivity index (χ4v) is 4.45. The van der Waals surface area contributed by atoms with E-state index >= 15 is 0 Å². The molecule has 0 atom stereocenters. The average molecular weight is 329 g/mol. The van der Waals surface area contributed by atoms with E-state index in [0.29, 0.717) is 26.3 Å². The maximum atomic E-state index is 13.0. The Morgan fingerprint density at radius 3 is 2.50 bits per heavy atom. The quantitative estimate of drug-likeness (QED) is 0.729. The number of piperidine rings is 1. The maximum absolute atomic E-state index is 13.0. The van der Waals surface area contributed by atoms with Crippen molar-refractivity contribution in [1.29, 1.82) is 0 Å². The van der Waals surface area contributed by atoms with Crippen molar-refractivity contribution in [3.8, 4) is 0 Å². The Kier molecular flexibility index (Phi) is 4.22. The first-order valence-electron chi connectivity index (χ1n) is 9.06. The molecule has 24 heavy (non-hydrogen) atoms. The van der Waals surface area contributed by atoms with Crippen LogP contribution in [0.25, 0.3) is 0 Å².